The molecule has 0 aliphatic rings. The summed E-state index contributed by atoms with van der Waals surface area (Å²) in [6.45, 7) is -2.87. The maximum absolute atomic E-state index is 12.1. The highest BCUT2D eigenvalue weighted by Gasteiger charge is 2.11. The Labute approximate surface area is 146 Å². The lowest BCUT2D eigenvalue weighted by molar-refractivity contribution is -0.0498. The number of rotatable bonds is 6. The highest BCUT2D eigenvalue weighted by Crippen LogP contribution is 2.27. The number of alkyl halides is 2. The molecule has 0 bridgehead atoms. The molecule has 5 nitrogen and oxygen atoms in total. The van der Waals surface area contributed by atoms with E-state index in [-0.39, 0.29) is 11.6 Å². The predicted octanol–water partition coefficient (Wildman–Crippen LogP) is 4.50. The minimum absolute atomic E-state index is 0.0565. The Morgan fingerprint density at radius 1 is 1.12 bits per heavy atom. The van der Waals surface area contributed by atoms with E-state index in [1.165, 1.54) is 23.9 Å². The number of aromatic nitrogens is 2. The van der Waals surface area contributed by atoms with Crippen molar-refractivity contribution in [1.82, 2.24) is 10.2 Å². The number of nitrogens with zero attached hydrogens (tertiary/aromatic N) is 3. The maximum Gasteiger partial charge on any atom is 0.387 e. The summed E-state index contributed by atoms with van der Waals surface area (Å²) in [7, 11) is 0. The Balaban J connectivity index is 1.67. The monoisotopic (exact) mass is 359 g/mol. The number of hydrogen-bond donors (Lipinski definition) is 0. The van der Waals surface area contributed by atoms with Crippen molar-refractivity contribution in [1.29, 1.82) is 5.26 Å². The van der Waals surface area contributed by atoms with Gasteiger partial charge in [0, 0.05) is 11.3 Å². The van der Waals surface area contributed by atoms with Gasteiger partial charge in [-0.2, -0.15) is 14.0 Å². The van der Waals surface area contributed by atoms with Crippen molar-refractivity contribution in [3.05, 3.63) is 59.7 Å². The molecule has 0 unspecified atom stereocenters. The number of hydrogen-bond acceptors (Lipinski definition) is 6. The third-order valence-corrected chi connectivity index (χ3v) is 4.09. The SMILES string of the molecule is N#Cc1ccccc1CSc1nnc(-c2ccc(OC(F)F)cc2)o1. The van der Waals surface area contributed by atoms with Gasteiger partial charge in [0.15, 0.2) is 0 Å². The highest BCUT2D eigenvalue weighted by molar-refractivity contribution is 7.98. The van der Waals surface area contributed by atoms with E-state index in [4.69, 9.17) is 9.68 Å². The molecule has 0 radical (unpaired) electrons. The molecule has 1 heterocycles. The van der Waals surface area contributed by atoms with Gasteiger partial charge in [-0.15, -0.1) is 10.2 Å². The van der Waals surface area contributed by atoms with Crippen LogP contribution in [0.2, 0.25) is 0 Å². The zero-order chi connectivity index (χ0) is 17.6. The molecule has 0 aliphatic carbocycles. The van der Waals surface area contributed by atoms with E-state index in [0.29, 0.717) is 22.1 Å². The molecule has 1 aromatic heterocycles. The number of halogens is 2. The number of nitriles is 1. The van der Waals surface area contributed by atoms with Gasteiger partial charge in [-0.3, -0.25) is 0 Å². The quantitative estimate of drug-likeness (QED) is 0.603. The lowest BCUT2D eigenvalue weighted by atomic mass is 10.1. The van der Waals surface area contributed by atoms with Crippen molar-refractivity contribution in [2.45, 2.75) is 17.6 Å². The molecular formula is C17H11F2N3O2S. The number of benzene rings is 2. The Bertz CT molecular complexity index is 891. The molecule has 8 heteroatoms. The van der Waals surface area contributed by atoms with E-state index < -0.39 is 6.61 Å². The van der Waals surface area contributed by atoms with Gasteiger partial charge in [-0.1, -0.05) is 30.0 Å². The zero-order valence-corrected chi connectivity index (χ0v) is 13.5. The molecule has 0 amide bonds. The smallest absolute Gasteiger partial charge is 0.387 e. The highest BCUT2D eigenvalue weighted by atomic mass is 32.2. The van der Waals surface area contributed by atoms with E-state index in [1.807, 2.05) is 12.1 Å². The summed E-state index contributed by atoms with van der Waals surface area (Å²) >= 11 is 1.31. The molecule has 2 aromatic carbocycles. The van der Waals surface area contributed by atoms with E-state index in [2.05, 4.69) is 21.0 Å². The van der Waals surface area contributed by atoms with Crippen LogP contribution in [0.25, 0.3) is 11.5 Å². The van der Waals surface area contributed by atoms with Crippen LogP contribution in [-0.2, 0) is 5.75 Å². The van der Waals surface area contributed by atoms with Crippen molar-refractivity contribution >= 4 is 11.8 Å². The van der Waals surface area contributed by atoms with E-state index in [1.54, 1.807) is 24.3 Å². The van der Waals surface area contributed by atoms with Crippen molar-refractivity contribution in [2.75, 3.05) is 0 Å². The Morgan fingerprint density at radius 2 is 1.88 bits per heavy atom. The predicted molar refractivity (Wildman–Crippen MR) is 87.1 cm³/mol. The van der Waals surface area contributed by atoms with Crippen LogP contribution >= 0.6 is 11.8 Å². The average Bonchev–Trinajstić information content (AvgIpc) is 3.09. The summed E-state index contributed by atoms with van der Waals surface area (Å²) in [5.74, 6) is 0.854. The van der Waals surface area contributed by atoms with Crippen LogP contribution in [0.15, 0.2) is 58.2 Å². The van der Waals surface area contributed by atoms with Crippen LogP contribution in [0.3, 0.4) is 0 Å². The fourth-order valence-corrected chi connectivity index (χ4v) is 2.83. The van der Waals surface area contributed by atoms with E-state index in [0.717, 1.165) is 5.56 Å². The van der Waals surface area contributed by atoms with Gasteiger partial charge in [0.2, 0.25) is 5.89 Å². The minimum Gasteiger partial charge on any atom is -0.435 e. The summed E-state index contributed by atoms with van der Waals surface area (Å²) < 4.78 is 34.1. The molecule has 0 saturated heterocycles. The fourth-order valence-electron chi connectivity index (χ4n) is 2.06. The minimum atomic E-state index is -2.87. The molecule has 126 valence electrons. The van der Waals surface area contributed by atoms with Crippen LogP contribution in [0, 0.1) is 11.3 Å². The third kappa shape index (κ3) is 4.33. The molecule has 0 aliphatic heterocycles. The first-order valence-corrected chi connectivity index (χ1v) is 8.14. The summed E-state index contributed by atoms with van der Waals surface area (Å²) in [5, 5.41) is 17.3. The topological polar surface area (TPSA) is 71.9 Å². The molecule has 3 rings (SSSR count). The van der Waals surface area contributed by atoms with Gasteiger partial charge in [0.25, 0.3) is 5.22 Å². The van der Waals surface area contributed by atoms with Gasteiger partial charge < -0.3 is 9.15 Å². The second kappa shape index (κ2) is 7.77. The van der Waals surface area contributed by atoms with E-state index in [9.17, 15) is 8.78 Å². The molecule has 0 atom stereocenters. The first-order chi connectivity index (χ1) is 12.2. The average molecular weight is 359 g/mol. The molecule has 0 spiro atoms. The largest absolute Gasteiger partial charge is 0.435 e. The first kappa shape index (κ1) is 16.9. The first-order valence-electron chi connectivity index (χ1n) is 7.15. The molecule has 25 heavy (non-hydrogen) atoms. The number of thioether (sulfide) groups is 1. The van der Waals surface area contributed by atoms with Crippen LogP contribution < -0.4 is 4.74 Å². The molecule has 0 saturated carbocycles. The Morgan fingerprint density at radius 3 is 2.60 bits per heavy atom. The zero-order valence-electron chi connectivity index (χ0n) is 12.7. The maximum atomic E-state index is 12.1. The van der Waals surface area contributed by atoms with Gasteiger partial charge in [0.1, 0.15) is 5.75 Å². The Hall–Kier alpha value is -2.92. The summed E-state index contributed by atoms with van der Waals surface area (Å²) in [6, 6.07) is 15.3. The molecule has 3 aromatic rings. The van der Waals surface area contributed by atoms with Gasteiger partial charge in [-0.25, -0.2) is 0 Å². The lowest BCUT2D eigenvalue weighted by Gasteiger charge is -2.03. The summed E-state index contributed by atoms with van der Waals surface area (Å²) in [6.07, 6.45) is 0. The molecule has 0 fully saturated rings. The standard InChI is InChI=1S/C17H11F2N3O2S/c18-16(19)23-14-7-5-11(6-8-14)15-21-22-17(24-15)25-10-13-4-2-1-3-12(13)9-20/h1-8,16H,10H2. The van der Waals surface area contributed by atoms with Crippen molar-refractivity contribution in [2.24, 2.45) is 0 Å². The van der Waals surface area contributed by atoms with Crippen LogP contribution in [-0.4, -0.2) is 16.8 Å². The van der Waals surface area contributed by atoms with Crippen molar-refractivity contribution < 1.29 is 17.9 Å². The normalized spacial score (nSPS) is 10.6. The third-order valence-electron chi connectivity index (χ3n) is 3.22. The fraction of sp³-hybridized carbons (Fsp3) is 0.118. The summed E-state index contributed by atoms with van der Waals surface area (Å²) in [4.78, 5) is 0. The van der Waals surface area contributed by atoms with Gasteiger partial charge in [0.05, 0.1) is 11.6 Å². The molecule has 0 N–H and O–H groups in total. The van der Waals surface area contributed by atoms with Crippen molar-refractivity contribution in [3.8, 4) is 23.3 Å². The van der Waals surface area contributed by atoms with Gasteiger partial charge >= 0.3 is 6.61 Å². The second-order valence-corrected chi connectivity index (χ2v) is 5.76. The lowest BCUT2D eigenvalue weighted by Crippen LogP contribution is -2.01. The molecular weight excluding hydrogens is 348 g/mol. The Kier molecular flexibility index (Phi) is 5.26. The van der Waals surface area contributed by atoms with Crippen molar-refractivity contribution in [3.63, 3.8) is 0 Å². The van der Waals surface area contributed by atoms with Crippen LogP contribution in [0.4, 0.5) is 8.78 Å². The number of ether oxygens (including phenoxy) is 1. The summed E-state index contributed by atoms with van der Waals surface area (Å²) in [5.41, 5.74) is 2.07. The van der Waals surface area contributed by atoms with Crippen LogP contribution in [0.5, 0.6) is 5.75 Å². The van der Waals surface area contributed by atoms with Gasteiger partial charge in [-0.05, 0) is 35.9 Å². The second-order valence-electron chi connectivity index (χ2n) is 4.83. The van der Waals surface area contributed by atoms with Crippen LogP contribution in [0.1, 0.15) is 11.1 Å². The van der Waals surface area contributed by atoms with E-state index >= 15 is 0 Å².